The van der Waals surface area contributed by atoms with Gasteiger partial charge in [-0.1, -0.05) is 24.3 Å². The van der Waals surface area contributed by atoms with Crippen LogP contribution in [0.25, 0.3) is 22.3 Å². The molecule has 0 unspecified atom stereocenters. The van der Waals surface area contributed by atoms with Crippen molar-refractivity contribution in [3.05, 3.63) is 120 Å². The molecular weight excluding hydrogens is 506 g/mol. The van der Waals surface area contributed by atoms with Crippen LogP contribution in [0.4, 0.5) is 0 Å². The van der Waals surface area contributed by atoms with E-state index in [1.54, 1.807) is 56.0 Å². The van der Waals surface area contributed by atoms with E-state index in [0.717, 1.165) is 22.3 Å². The Morgan fingerprint density at radius 1 is 0.775 bits per heavy atom. The van der Waals surface area contributed by atoms with Crippen LogP contribution in [0.15, 0.2) is 104 Å². The standard InChI is InChI=1S/C31H23N5O4/c1-38-22-12-8-20(9-13-22)19-39-30-24(5-4-16-33-30)27-31(34-18-17-32-27)40-23-14-10-21(11-15-23)28(37)29-35-25-6-2-3-7-26(25)36-29/h2-18H,19H2,1H3,(H,35,36). The normalized spacial score (nSPS) is 10.8. The summed E-state index contributed by atoms with van der Waals surface area (Å²) in [5.74, 6) is 2.02. The lowest BCUT2D eigenvalue weighted by atomic mass is 10.1. The predicted molar refractivity (Wildman–Crippen MR) is 149 cm³/mol. The quantitative estimate of drug-likeness (QED) is 0.226. The third-order valence-corrected chi connectivity index (χ3v) is 6.16. The number of fused-ring (bicyclic) bond motifs is 1. The van der Waals surface area contributed by atoms with Crippen LogP contribution in [0.3, 0.4) is 0 Å². The van der Waals surface area contributed by atoms with Crippen LogP contribution in [-0.2, 0) is 6.61 Å². The maximum Gasteiger partial charge on any atom is 0.246 e. The Balaban J connectivity index is 1.21. The first-order valence-corrected chi connectivity index (χ1v) is 12.5. The molecule has 196 valence electrons. The Bertz CT molecular complexity index is 1750. The molecule has 9 nitrogen and oxygen atoms in total. The molecule has 1 N–H and O–H groups in total. The molecule has 3 aromatic heterocycles. The molecule has 6 aromatic rings. The summed E-state index contributed by atoms with van der Waals surface area (Å²) in [5, 5.41) is 0. The van der Waals surface area contributed by atoms with Crippen LogP contribution in [-0.4, -0.2) is 37.8 Å². The van der Waals surface area contributed by atoms with Gasteiger partial charge in [0.2, 0.25) is 17.5 Å². The second-order valence-corrected chi connectivity index (χ2v) is 8.76. The van der Waals surface area contributed by atoms with Crippen LogP contribution < -0.4 is 14.2 Å². The fraction of sp³-hybridized carbons (Fsp3) is 0.0645. The summed E-state index contributed by atoms with van der Waals surface area (Å²) in [7, 11) is 1.63. The van der Waals surface area contributed by atoms with E-state index >= 15 is 0 Å². The van der Waals surface area contributed by atoms with Crippen molar-refractivity contribution in [2.24, 2.45) is 0 Å². The summed E-state index contributed by atoms with van der Waals surface area (Å²) in [4.78, 5) is 33.7. The number of para-hydroxylation sites is 2. The molecule has 0 fully saturated rings. The number of methoxy groups -OCH3 is 1. The molecule has 3 heterocycles. The third-order valence-electron chi connectivity index (χ3n) is 6.16. The number of ether oxygens (including phenoxy) is 3. The minimum atomic E-state index is -0.211. The molecule has 40 heavy (non-hydrogen) atoms. The highest BCUT2D eigenvalue weighted by atomic mass is 16.5. The minimum absolute atomic E-state index is 0.211. The van der Waals surface area contributed by atoms with Gasteiger partial charge in [0.25, 0.3) is 0 Å². The minimum Gasteiger partial charge on any atom is -0.497 e. The fourth-order valence-corrected chi connectivity index (χ4v) is 4.13. The van der Waals surface area contributed by atoms with Crippen LogP contribution in [0.1, 0.15) is 21.7 Å². The SMILES string of the molecule is COc1ccc(COc2ncccc2-c2nccnc2Oc2ccc(C(=O)c3nc4ccccc4[nH]3)cc2)cc1. The Hall–Kier alpha value is -5.57. The second kappa shape index (κ2) is 11.0. The molecule has 0 atom stereocenters. The first kappa shape index (κ1) is 24.7. The molecule has 0 aliphatic rings. The smallest absolute Gasteiger partial charge is 0.246 e. The second-order valence-electron chi connectivity index (χ2n) is 8.76. The zero-order valence-corrected chi connectivity index (χ0v) is 21.4. The summed E-state index contributed by atoms with van der Waals surface area (Å²) in [6.07, 6.45) is 4.78. The molecule has 0 spiro atoms. The molecule has 3 aromatic carbocycles. The number of carbonyl (C=O) groups is 1. The van der Waals surface area contributed by atoms with Gasteiger partial charge in [0.15, 0.2) is 5.82 Å². The van der Waals surface area contributed by atoms with E-state index in [0.29, 0.717) is 35.1 Å². The van der Waals surface area contributed by atoms with Crippen molar-refractivity contribution >= 4 is 16.8 Å². The first-order valence-electron chi connectivity index (χ1n) is 12.5. The maximum absolute atomic E-state index is 13.0. The first-order chi connectivity index (χ1) is 19.7. The Labute approximate surface area is 229 Å². The zero-order chi connectivity index (χ0) is 27.3. The number of carbonyl (C=O) groups excluding carboxylic acids is 1. The molecule has 9 heteroatoms. The fourth-order valence-electron chi connectivity index (χ4n) is 4.13. The van der Waals surface area contributed by atoms with Crippen molar-refractivity contribution in [3.63, 3.8) is 0 Å². The lowest BCUT2D eigenvalue weighted by Gasteiger charge is -2.13. The molecule has 0 aliphatic heterocycles. The summed E-state index contributed by atoms with van der Waals surface area (Å²) in [6, 6.07) is 25.6. The van der Waals surface area contributed by atoms with Gasteiger partial charge in [-0.2, -0.15) is 0 Å². The van der Waals surface area contributed by atoms with E-state index in [-0.39, 0.29) is 17.5 Å². The molecule has 0 saturated carbocycles. The van der Waals surface area contributed by atoms with Crippen LogP contribution in [0, 0.1) is 0 Å². The Morgan fingerprint density at radius 2 is 1.52 bits per heavy atom. The van der Waals surface area contributed by atoms with Gasteiger partial charge in [-0.05, 0) is 66.2 Å². The van der Waals surface area contributed by atoms with Gasteiger partial charge in [0, 0.05) is 24.2 Å². The van der Waals surface area contributed by atoms with Crippen LogP contribution in [0.5, 0.6) is 23.3 Å². The van der Waals surface area contributed by atoms with E-state index in [1.165, 1.54) is 0 Å². The van der Waals surface area contributed by atoms with Gasteiger partial charge < -0.3 is 19.2 Å². The number of aromatic nitrogens is 5. The van der Waals surface area contributed by atoms with Crippen molar-refractivity contribution < 1.29 is 19.0 Å². The van der Waals surface area contributed by atoms with Gasteiger partial charge >= 0.3 is 0 Å². The number of hydrogen-bond acceptors (Lipinski definition) is 8. The number of imidazole rings is 1. The number of H-pyrrole nitrogens is 1. The molecular formula is C31H23N5O4. The highest BCUT2D eigenvalue weighted by Gasteiger charge is 2.18. The topological polar surface area (TPSA) is 112 Å². The van der Waals surface area contributed by atoms with E-state index < -0.39 is 0 Å². The average molecular weight is 530 g/mol. The predicted octanol–water partition coefficient (Wildman–Crippen LogP) is 6.03. The lowest BCUT2D eigenvalue weighted by Crippen LogP contribution is -2.03. The maximum atomic E-state index is 13.0. The average Bonchev–Trinajstić information content (AvgIpc) is 3.45. The largest absolute Gasteiger partial charge is 0.497 e. The van der Waals surface area contributed by atoms with Gasteiger partial charge in [-0.15, -0.1) is 0 Å². The summed E-state index contributed by atoms with van der Waals surface area (Å²) in [6.45, 7) is 0.311. The summed E-state index contributed by atoms with van der Waals surface area (Å²) >= 11 is 0. The molecule has 0 amide bonds. The molecule has 6 rings (SSSR count). The van der Waals surface area contributed by atoms with Gasteiger partial charge in [0.05, 0.1) is 23.7 Å². The Kier molecular flexibility index (Phi) is 6.83. The number of benzene rings is 3. The monoisotopic (exact) mass is 529 g/mol. The van der Waals surface area contributed by atoms with Crippen molar-refractivity contribution in [2.45, 2.75) is 6.61 Å². The van der Waals surface area contributed by atoms with Gasteiger partial charge in [0.1, 0.15) is 23.8 Å². The molecule has 0 aliphatic carbocycles. The number of nitrogens with one attached hydrogen (secondary N) is 1. The zero-order valence-electron chi connectivity index (χ0n) is 21.4. The van der Waals surface area contributed by atoms with E-state index in [4.69, 9.17) is 14.2 Å². The number of pyridine rings is 1. The summed E-state index contributed by atoms with van der Waals surface area (Å²) < 4.78 is 17.3. The van der Waals surface area contributed by atoms with Crippen molar-refractivity contribution in [1.82, 2.24) is 24.9 Å². The number of hydrogen-bond donors (Lipinski definition) is 1. The van der Waals surface area contributed by atoms with Crippen LogP contribution >= 0.6 is 0 Å². The molecule has 0 radical (unpaired) electrons. The third kappa shape index (κ3) is 5.21. The van der Waals surface area contributed by atoms with Crippen molar-refractivity contribution in [1.29, 1.82) is 0 Å². The highest BCUT2D eigenvalue weighted by molar-refractivity contribution is 6.08. The van der Waals surface area contributed by atoms with E-state index in [9.17, 15) is 4.79 Å². The van der Waals surface area contributed by atoms with E-state index in [1.807, 2.05) is 54.6 Å². The van der Waals surface area contributed by atoms with Crippen molar-refractivity contribution in [2.75, 3.05) is 7.11 Å². The van der Waals surface area contributed by atoms with Crippen LogP contribution in [0.2, 0.25) is 0 Å². The number of nitrogens with zero attached hydrogens (tertiary/aromatic N) is 4. The Morgan fingerprint density at radius 3 is 2.33 bits per heavy atom. The summed E-state index contributed by atoms with van der Waals surface area (Å²) in [5.41, 5.74) is 4.10. The molecule has 0 saturated heterocycles. The number of rotatable bonds is 9. The number of aromatic amines is 1. The van der Waals surface area contributed by atoms with E-state index in [2.05, 4.69) is 24.9 Å². The van der Waals surface area contributed by atoms with Gasteiger partial charge in [-0.25, -0.2) is 19.9 Å². The van der Waals surface area contributed by atoms with Gasteiger partial charge in [-0.3, -0.25) is 4.79 Å². The highest BCUT2D eigenvalue weighted by Crippen LogP contribution is 2.34. The molecule has 0 bridgehead atoms. The lowest BCUT2D eigenvalue weighted by molar-refractivity contribution is 0.103. The number of ketones is 1. The van der Waals surface area contributed by atoms with Crippen molar-refractivity contribution in [3.8, 4) is 34.5 Å².